The lowest BCUT2D eigenvalue weighted by molar-refractivity contribution is -0.143. The third-order valence-electron chi connectivity index (χ3n) is 6.69. The number of nitrogens with one attached hydrogen (secondary N) is 2. The summed E-state index contributed by atoms with van der Waals surface area (Å²) >= 11 is 0. The maximum Gasteiger partial charge on any atom is 0.247 e. The molecule has 1 saturated carbocycles. The van der Waals surface area contributed by atoms with Crippen molar-refractivity contribution >= 4 is 23.5 Å². The average Bonchev–Trinajstić information content (AvgIpc) is 3.58. The predicted molar refractivity (Wildman–Crippen MR) is 132 cm³/mol. The first-order chi connectivity index (χ1) is 17.5. The molecular weight excluding hydrogens is 463 g/mol. The van der Waals surface area contributed by atoms with Gasteiger partial charge in [-0.2, -0.15) is 0 Å². The first kappa shape index (κ1) is 25.8. The van der Waals surface area contributed by atoms with Crippen LogP contribution in [0.2, 0.25) is 0 Å². The highest BCUT2D eigenvalue weighted by Crippen LogP contribution is 2.27. The summed E-state index contributed by atoms with van der Waals surface area (Å²) in [5.41, 5.74) is 0.524. The second-order valence-electron chi connectivity index (χ2n) is 9.39. The molecule has 2 N–H and O–H groups in total. The second-order valence-corrected chi connectivity index (χ2v) is 9.39. The Bertz CT molecular complexity index is 1020. The standard InChI is InChI=1S/C27H33FN4O4/c28-20-12-10-19(11-13-20)26(27(35)30-21-6-1-2-7-21)32(18-22-8-5-17-36-22)25(34)15-14-24(33)31-23-9-3-4-16-29-23/h3-4,9-13,16,21-22,26H,1-2,5-8,14-15,17-18H2,(H,30,35)(H,29,31,33)/t22-,26-/m1/s1. The number of amides is 3. The van der Waals surface area contributed by atoms with Crippen LogP contribution in [0.5, 0.6) is 0 Å². The number of hydrogen-bond donors (Lipinski definition) is 2. The number of anilines is 1. The van der Waals surface area contributed by atoms with Gasteiger partial charge < -0.3 is 20.3 Å². The fourth-order valence-corrected chi connectivity index (χ4v) is 4.83. The largest absolute Gasteiger partial charge is 0.376 e. The minimum atomic E-state index is -0.943. The van der Waals surface area contributed by atoms with Gasteiger partial charge in [-0.3, -0.25) is 14.4 Å². The monoisotopic (exact) mass is 496 g/mol. The van der Waals surface area contributed by atoms with Crippen molar-refractivity contribution < 1.29 is 23.5 Å². The van der Waals surface area contributed by atoms with Gasteiger partial charge >= 0.3 is 0 Å². The van der Waals surface area contributed by atoms with E-state index < -0.39 is 11.9 Å². The molecule has 0 radical (unpaired) electrons. The van der Waals surface area contributed by atoms with Crippen molar-refractivity contribution in [3.05, 3.63) is 60.0 Å². The number of ether oxygens (including phenoxy) is 1. The summed E-state index contributed by atoms with van der Waals surface area (Å²) in [6, 6.07) is 9.95. The summed E-state index contributed by atoms with van der Waals surface area (Å²) < 4.78 is 19.5. The average molecular weight is 497 g/mol. The van der Waals surface area contributed by atoms with Crippen LogP contribution in [0, 0.1) is 5.82 Å². The molecule has 4 rings (SSSR count). The molecule has 192 valence electrons. The number of aromatic nitrogens is 1. The number of rotatable bonds is 10. The van der Waals surface area contributed by atoms with E-state index in [0.717, 1.165) is 38.5 Å². The number of hydrogen-bond acceptors (Lipinski definition) is 5. The Hall–Kier alpha value is -3.33. The molecule has 2 atom stereocenters. The number of halogens is 1. The normalized spacial score (nSPS) is 18.5. The Morgan fingerprint density at radius 1 is 1.03 bits per heavy atom. The molecule has 0 bridgehead atoms. The van der Waals surface area contributed by atoms with Crippen molar-refractivity contribution in [3.63, 3.8) is 0 Å². The van der Waals surface area contributed by atoms with Gasteiger partial charge in [0, 0.05) is 38.2 Å². The second kappa shape index (κ2) is 12.6. The van der Waals surface area contributed by atoms with Crippen LogP contribution in [0.1, 0.15) is 63.0 Å². The zero-order valence-corrected chi connectivity index (χ0v) is 20.3. The Kier molecular flexibility index (Phi) is 9.00. The first-order valence-electron chi connectivity index (χ1n) is 12.7. The van der Waals surface area contributed by atoms with Gasteiger partial charge in [-0.1, -0.05) is 31.0 Å². The molecule has 3 amide bonds. The van der Waals surface area contributed by atoms with Crippen LogP contribution in [-0.4, -0.2) is 52.9 Å². The van der Waals surface area contributed by atoms with Gasteiger partial charge in [-0.05, 0) is 55.5 Å². The summed E-state index contributed by atoms with van der Waals surface area (Å²) in [7, 11) is 0. The molecule has 2 aliphatic rings. The van der Waals surface area contributed by atoms with Crippen LogP contribution in [-0.2, 0) is 19.1 Å². The van der Waals surface area contributed by atoms with E-state index in [9.17, 15) is 18.8 Å². The Balaban J connectivity index is 1.53. The van der Waals surface area contributed by atoms with Gasteiger partial charge in [0.25, 0.3) is 0 Å². The number of carbonyl (C=O) groups is 3. The molecule has 1 aliphatic heterocycles. The van der Waals surface area contributed by atoms with Crippen LogP contribution in [0.25, 0.3) is 0 Å². The fourth-order valence-electron chi connectivity index (χ4n) is 4.83. The van der Waals surface area contributed by atoms with Crippen LogP contribution < -0.4 is 10.6 Å². The zero-order valence-electron chi connectivity index (χ0n) is 20.3. The molecule has 0 spiro atoms. The van der Waals surface area contributed by atoms with Crippen molar-refractivity contribution in [3.8, 4) is 0 Å². The van der Waals surface area contributed by atoms with E-state index in [2.05, 4.69) is 15.6 Å². The Labute approximate surface area is 210 Å². The third-order valence-corrected chi connectivity index (χ3v) is 6.69. The third kappa shape index (κ3) is 7.10. The molecule has 1 aliphatic carbocycles. The van der Waals surface area contributed by atoms with E-state index in [0.29, 0.717) is 18.0 Å². The van der Waals surface area contributed by atoms with E-state index in [4.69, 9.17) is 4.74 Å². The van der Waals surface area contributed by atoms with E-state index in [1.54, 1.807) is 24.4 Å². The minimum absolute atomic E-state index is 0.0577. The molecule has 0 unspecified atom stereocenters. The van der Waals surface area contributed by atoms with E-state index >= 15 is 0 Å². The lowest BCUT2D eigenvalue weighted by Crippen LogP contribution is -2.48. The SMILES string of the molecule is O=C(CCC(=O)N(C[C@H]1CCCO1)[C@@H](C(=O)NC1CCCC1)c1ccc(F)cc1)Nc1ccccn1. The van der Waals surface area contributed by atoms with Crippen LogP contribution in [0.4, 0.5) is 10.2 Å². The highest BCUT2D eigenvalue weighted by molar-refractivity contribution is 5.94. The minimum Gasteiger partial charge on any atom is -0.376 e. The summed E-state index contributed by atoms with van der Waals surface area (Å²) in [5, 5.41) is 5.78. The van der Waals surface area contributed by atoms with Gasteiger partial charge in [-0.25, -0.2) is 9.37 Å². The van der Waals surface area contributed by atoms with Gasteiger partial charge in [0.05, 0.1) is 6.10 Å². The molecule has 1 aromatic carbocycles. The number of benzene rings is 1. The molecule has 2 fully saturated rings. The van der Waals surface area contributed by atoms with Gasteiger partial charge in [0.2, 0.25) is 17.7 Å². The first-order valence-corrected chi connectivity index (χ1v) is 12.7. The highest BCUT2D eigenvalue weighted by atomic mass is 19.1. The summed E-state index contributed by atoms with van der Waals surface area (Å²) in [6.07, 6.45) is 6.80. The number of pyridine rings is 1. The lowest BCUT2D eigenvalue weighted by atomic mass is 10.0. The van der Waals surface area contributed by atoms with Gasteiger partial charge in [-0.15, -0.1) is 0 Å². The Morgan fingerprint density at radius 2 is 1.81 bits per heavy atom. The van der Waals surface area contributed by atoms with E-state index in [1.807, 2.05) is 0 Å². The molecule has 1 aromatic heterocycles. The molecule has 1 saturated heterocycles. The zero-order chi connectivity index (χ0) is 25.3. The summed E-state index contributed by atoms with van der Waals surface area (Å²) in [6.45, 7) is 0.829. The highest BCUT2D eigenvalue weighted by Gasteiger charge is 2.35. The molecular formula is C27H33FN4O4. The molecule has 8 nitrogen and oxygen atoms in total. The predicted octanol–water partition coefficient (Wildman–Crippen LogP) is 3.75. The summed E-state index contributed by atoms with van der Waals surface area (Å²) in [5.74, 6) is -0.980. The number of nitrogens with zero attached hydrogens (tertiary/aromatic N) is 2. The van der Waals surface area contributed by atoms with Crippen LogP contribution >= 0.6 is 0 Å². The molecule has 2 heterocycles. The maximum atomic E-state index is 13.7. The summed E-state index contributed by atoms with van der Waals surface area (Å²) in [4.78, 5) is 45.1. The maximum absolute atomic E-state index is 13.7. The topological polar surface area (TPSA) is 101 Å². The quantitative estimate of drug-likeness (QED) is 0.522. The fraction of sp³-hybridized carbons (Fsp3) is 0.481. The van der Waals surface area contributed by atoms with Gasteiger partial charge in [0.1, 0.15) is 17.7 Å². The van der Waals surface area contributed by atoms with Crippen molar-refractivity contribution in [2.75, 3.05) is 18.5 Å². The van der Waals surface area contributed by atoms with Crippen molar-refractivity contribution in [2.45, 2.75) is 69.6 Å². The van der Waals surface area contributed by atoms with Crippen molar-refractivity contribution in [2.24, 2.45) is 0 Å². The van der Waals surface area contributed by atoms with Gasteiger partial charge in [0.15, 0.2) is 0 Å². The molecule has 2 aromatic rings. The van der Waals surface area contributed by atoms with Crippen molar-refractivity contribution in [1.82, 2.24) is 15.2 Å². The van der Waals surface area contributed by atoms with E-state index in [1.165, 1.54) is 29.2 Å². The Morgan fingerprint density at radius 3 is 2.47 bits per heavy atom. The smallest absolute Gasteiger partial charge is 0.247 e. The molecule has 36 heavy (non-hydrogen) atoms. The lowest BCUT2D eigenvalue weighted by Gasteiger charge is -2.34. The van der Waals surface area contributed by atoms with Crippen LogP contribution in [0.15, 0.2) is 48.7 Å². The van der Waals surface area contributed by atoms with Crippen molar-refractivity contribution in [1.29, 1.82) is 0 Å². The number of carbonyl (C=O) groups excluding carboxylic acids is 3. The van der Waals surface area contributed by atoms with Crippen LogP contribution in [0.3, 0.4) is 0 Å². The molecule has 9 heteroatoms. The van der Waals surface area contributed by atoms with E-state index in [-0.39, 0.29) is 49.3 Å².